The fourth-order valence-corrected chi connectivity index (χ4v) is 2.36. The van der Waals surface area contributed by atoms with Crippen molar-refractivity contribution < 1.29 is 9.72 Å². The lowest BCUT2D eigenvalue weighted by atomic mass is 9.92. The topological polar surface area (TPSA) is 88.9 Å². The standard InChI is InChI=1S/C13H11N3O3/c17-11-3-1-2-10-12(11)13(15-14-10)8-4-6-9(7-5-8)16(18)19/h4-7H,1-3H2,(H,14,15). The lowest BCUT2D eigenvalue weighted by molar-refractivity contribution is -0.384. The Morgan fingerprint density at radius 2 is 1.95 bits per heavy atom. The van der Waals surface area contributed by atoms with E-state index in [1.165, 1.54) is 12.1 Å². The van der Waals surface area contributed by atoms with E-state index in [0.29, 0.717) is 17.7 Å². The number of hydrogen-bond acceptors (Lipinski definition) is 4. The zero-order valence-corrected chi connectivity index (χ0v) is 10.0. The van der Waals surface area contributed by atoms with Crippen molar-refractivity contribution in [2.75, 3.05) is 0 Å². The van der Waals surface area contributed by atoms with Gasteiger partial charge in [-0.3, -0.25) is 20.0 Å². The van der Waals surface area contributed by atoms with Gasteiger partial charge in [0, 0.05) is 29.8 Å². The summed E-state index contributed by atoms with van der Waals surface area (Å²) in [5.74, 6) is 0.0864. The summed E-state index contributed by atoms with van der Waals surface area (Å²) in [7, 11) is 0. The maximum atomic E-state index is 11.9. The van der Waals surface area contributed by atoms with Gasteiger partial charge < -0.3 is 0 Å². The number of carbonyl (C=O) groups excluding carboxylic acids is 1. The van der Waals surface area contributed by atoms with E-state index in [9.17, 15) is 14.9 Å². The second-order valence-corrected chi connectivity index (χ2v) is 4.51. The summed E-state index contributed by atoms with van der Waals surface area (Å²) >= 11 is 0. The molecule has 1 aliphatic rings. The van der Waals surface area contributed by atoms with Crippen molar-refractivity contribution in [1.82, 2.24) is 10.2 Å². The number of fused-ring (bicyclic) bond motifs is 1. The van der Waals surface area contributed by atoms with Crippen molar-refractivity contribution in [3.8, 4) is 11.3 Å². The average Bonchev–Trinajstić information content (AvgIpc) is 2.84. The predicted molar refractivity (Wildman–Crippen MR) is 67.9 cm³/mol. The van der Waals surface area contributed by atoms with Gasteiger partial charge in [-0.05, 0) is 25.0 Å². The Morgan fingerprint density at radius 3 is 2.63 bits per heavy atom. The van der Waals surface area contributed by atoms with Gasteiger partial charge in [0.1, 0.15) is 5.69 Å². The van der Waals surface area contributed by atoms with Crippen molar-refractivity contribution in [2.24, 2.45) is 0 Å². The van der Waals surface area contributed by atoms with Gasteiger partial charge in [-0.1, -0.05) is 0 Å². The van der Waals surface area contributed by atoms with E-state index >= 15 is 0 Å². The van der Waals surface area contributed by atoms with Crippen LogP contribution in [0.1, 0.15) is 28.9 Å². The fourth-order valence-electron chi connectivity index (χ4n) is 2.36. The first-order chi connectivity index (χ1) is 9.16. The van der Waals surface area contributed by atoms with Crippen LogP contribution in [0.15, 0.2) is 24.3 Å². The molecule has 0 aliphatic heterocycles. The summed E-state index contributed by atoms with van der Waals surface area (Å²) in [6, 6.07) is 6.08. The smallest absolute Gasteiger partial charge is 0.269 e. The summed E-state index contributed by atoms with van der Waals surface area (Å²) in [6.45, 7) is 0. The van der Waals surface area contributed by atoms with E-state index in [1.54, 1.807) is 12.1 Å². The molecule has 1 aromatic heterocycles. The summed E-state index contributed by atoms with van der Waals surface area (Å²) in [4.78, 5) is 22.1. The molecule has 1 aliphatic carbocycles. The number of nitrogens with one attached hydrogen (secondary N) is 1. The SMILES string of the molecule is O=C1CCCc2[nH]nc(-c3ccc([N+](=O)[O-])cc3)c21. The highest BCUT2D eigenvalue weighted by molar-refractivity contribution is 6.03. The summed E-state index contributed by atoms with van der Waals surface area (Å²) in [5.41, 5.74) is 2.84. The molecule has 0 unspecified atom stereocenters. The van der Waals surface area contributed by atoms with Crippen LogP contribution >= 0.6 is 0 Å². The van der Waals surface area contributed by atoms with Crippen LogP contribution in [0, 0.1) is 10.1 Å². The number of aryl methyl sites for hydroxylation is 1. The van der Waals surface area contributed by atoms with E-state index in [-0.39, 0.29) is 11.5 Å². The lowest BCUT2D eigenvalue weighted by Gasteiger charge is -2.10. The van der Waals surface area contributed by atoms with Crippen molar-refractivity contribution in [2.45, 2.75) is 19.3 Å². The molecule has 3 rings (SSSR count). The Labute approximate surface area is 108 Å². The summed E-state index contributed by atoms with van der Waals surface area (Å²) in [6.07, 6.45) is 2.20. The van der Waals surface area contributed by atoms with Crippen LogP contribution in [0.5, 0.6) is 0 Å². The first-order valence-electron chi connectivity index (χ1n) is 6.02. The highest BCUT2D eigenvalue weighted by Crippen LogP contribution is 2.30. The normalized spacial score (nSPS) is 14.2. The van der Waals surface area contributed by atoms with Crippen LogP contribution in [0.25, 0.3) is 11.3 Å². The van der Waals surface area contributed by atoms with Gasteiger partial charge in [0.15, 0.2) is 5.78 Å². The molecule has 96 valence electrons. The molecule has 0 saturated heterocycles. The Balaban J connectivity index is 2.05. The molecule has 19 heavy (non-hydrogen) atoms. The number of aromatic amines is 1. The third-order valence-electron chi connectivity index (χ3n) is 3.30. The quantitative estimate of drug-likeness (QED) is 0.661. The molecule has 0 spiro atoms. The number of non-ortho nitro benzene ring substituents is 1. The number of Topliss-reactive ketones (excluding diaryl/α,β-unsaturated/α-hetero) is 1. The van der Waals surface area contributed by atoms with Crippen molar-refractivity contribution in [3.05, 3.63) is 45.6 Å². The number of aromatic nitrogens is 2. The molecule has 2 aromatic rings. The van der Waals surface area contributed by atoms with Gasteiger partial charge in [0.25, 0.3) is 5.69 Å². The number of hydrogen-bond donors (Lipinski definition) is 1. The Hall–Kier alpha value is -2.50. The number of H-pyrrole nitrogens is 1. The number of nitro benzene ring substituents is 1. The molecule has 6 heteroatoms. The first-order valence-corrected chi connectivity index (χ1v) is 6.02. The van der Waals surface area contributed by atoms with E-state index < -0.39 is 4.92 Å². The molecule has 1 aromatic carbocycles. The Kier molecular flexibility index (Phi) is 2.63. The van der Waals surface area contributed by atoms with Crippen LogP contribution < -0.4 is 0 Å². The molecule has 1 N–H and O–H groups in total. The van der Waals surface area contributed by atoms with Gasteiger partial charge in [-0.2, -0.15) is 5.10 Å². The monoisotopic (exact) mass is 257 g/mol. The number of nitrogens with zero attached hydrogens (tertiary/aromatic N) is 2. The minimum absolute atomic E-state index is 0.0273. The van der Waals surface area contributed by atoms with Crippen LogP contribution in [0.4, 0.5) is 5.69 Å². The molecule has 1 heterocycles. The number of carbonyl (C=O) groups is 1. The van der Waals surface area contributed by atoms with Crippen molar-refractivity contribution >= 4 is 11.5 Å². The second-order valence-electron chi connectivity index (χ2n) is 4.51. The average molecular weight is 257 g/mol. The van der Waals surface area contributed by atoms with Crippen LogP contribution in [-0.4, -0.2) is 20.9 Å². The van der Waals surface area contributed by atoms with Gasteiger partial charge in [-0.25, -0.2) is 0 Å². The third kappa shape index (κ3) is 1.91. The Morgan fingerprint density at radius 1 is 1.21 bits per heavy atom. The Bertz CT molecular complexity index is 658. The molecule has 0 bridgehead atoms. The summed E-state index contributed by atoms with van der Waals surface area (Å²) in [5, 5.41) is 17.7. The van der Waals surface area contributed by atoms with Crippen molar-refractivity contribution in [3.63, 3.8) is 0 Å². The van der Waals surface area contributed by atoms with E-state index in [2.05, 4.69) is 10.2 Å². The van der Waals surface area contributed by atoms with Gasteiger partial charge >= 0.3 is 0 Å². The number of rotatable bonds is 2. The zero-order chi connectivity index (χ0) is 13.4. The molecular weight excluding hydrogens is 246 g/mol. The molecule has 0 amide bonds. The van der Waals surface area contributed by atoms with Crippen LogP contribution in [0.2, 0.25) is 0 Å². The molecule has 6 nitrogen and oxygen atoms in total. The minimum atomic E-state index is -0.449. The number of nitro groups is 1. The maximum absolute atomic E-state index is 11.9. The van der Waals surface area contributed by atoms with E-state index in [0.717, 1.165) is 24.1 Å². The predicted octanol–water partition coefficient (Wildman–Crippen LogP) is 2.50. The molecule has 0 radical (unpaired) electrons. The van der Waals surface area contributed by atoms with Crippen LogP contribution in [-0.2, 0) is 6.42 Å². The summed E-state index contributed by atoms with van der Waals surface area (Å²) < 4.78 is 0. The minimum Gasteiger partial charge on any atom is -0.294 e. The van der Waals surface area contributed by atoms with Gasteiger partial charge in [-0.15, -0.1) is 0 Å². The number of benzene rings is 1. The number of ketones is 1. The third-order valence-corrected chi connectivity index (χ3v) is 3.30. The van der Waals surface area contributed by atoms with Crippen molar-refractivity contribution in [1.29, 1.82) is 0 Å². The molecule has 0 atom stereocenters. The van der Waals surface area contributed by atoms with Gasteiger partial charge in [0.05, 0.1) is 10.5 Å². The molecular formula is C13H11N3O3. The van der Waals surface area contributed by atoms with Gasteiger partial charge in [0.2, 0.25) is 0 Å². The maximum Gasteiger partial charge on any atom is 0.269 e. The molecule has 0 saturated carbocycles. The van der Waals surface area contributed by atoms with E-state index in [1.807, 2.05) is 0 Å². The van der Waals surface area contributed by atoms with E-state index in [4.69, 9.17) is 0 Å². The molecule has 0 fully saturated rings. The van der Waals surface area contributed by atoms with Crippen LogP contribution in [0.3, 0.4) is 0 Å². The second kappa shape index (κ2) is 4.31. The highest BCUT2D eigenvalue weighted by Gasteiger charge is 2.24. The highest BCUT2D eigenvalue weighted by atomic mass is 16.6. The largest absolute Gasteiger partial charge is 0.294 e. The zero-order valence-electron chi connectivity index (χ0n) is 10.0. The fraction of sp³-hybridized carbons (Fsp3) is 0.231. The lowest BCUT2D eigenvalue weighted by Crippen LogP contribution is -2.09. The first kappa shape index (κ1) is 11.6.